The molecule has 2 aromatic carbocycles. The topological polar surface area (TPSA) is 58.2 Å². The van der Waals surface area contributed by atoms with Crippen molar-refractivity contribution in [3.8, 4) is 0 Å². The lowest BCUT2D eigenvalue weighted by atomic mass is 9.63. The average molecular weight is 455 g/mol. The van der Waals surface area contributed by atoms with Crippen molar-refractivity contribution in [2.45, 2.75) is 42.0 Å². The summed E-state index contributed by atoms with van der Waals surface area (Å²) in [5.74, 6) is -0.393. The van der Waals surface area contributed by atoms with E-state index in [9.17, 15) is 12.8 Å². The largest absolute Gasteiger partial charge is 0.378 e. The van der Waals surface area contributed by atoms with Crippen LogP contribution in [0.25, 0.3) is 0 Å². The maximum atomic E-state index is 14.6. The second kappa shape index (κ2) is 7.58. The van der Waals surface area contributed by atoms with E-state index in [4.69, 9.17) is 23.2 Å². The van der Waals surface area contributed by atoms with E-state index in [-0.39, 0.29) is 17.5 Å². The van der Waals surface area contributed by atoms with E-state index in [1.807, 2.05) is 0 Å². The number of halogens is 3. The molecule has 2 N–H and O–H groups in total. The molecule has 8 heteroatoms. The summed E-state index contributed by atoms with van der Waals surface area (Å²) >= 11 is 12.0. The van der Waals surface area contributed by atoms with Crippen LogP contribution in [0.4, 0.5) is 10.1 Å². The standard InChI is InChI=1S/C21H21Cl2FN2O2S/c1-13-3-2-4-19-21(13,17-11-15(23)12-18(24)20(17)26-19)9-10-25-29(27,28)16-7-5-14(22)6-8-16/h5-8,11-12,19,25-26H,1-4,9-10H2/t19-,21-/m0/s1. The van der Waals surface area contributed by atoms with Crippen LogP contribution >= 0.6 is 23.2 Å². The molecule has 154 valence electrons. The van der Waals surface area contributed by atoms with Crippen LogP contribution in [0.5, 0.6) is 0 Å². The van der Waals surface area contributed by atoms with Crippen molar-refractivity contribution in [1.82, 2.24) is 4.72 Å². The van der Waals surface area contributed by atoms with Gasteiger partial charge in [-0.3, -0.25) is 0 Å². The minimum absolute atomic E-state index is 0.0354. The van der Waals surface area contributed by atoms with Crippen LogP contribution in [-0.2, 0) is 15.4 Å². The van der Waals surface area contributed by atoms with Crippen LogP contribution in [0, 0.1) is 5.82 Å². The fourth-order valence-electron chi connectivity index (χ4n) is 4.62. The Balaban J connectivity index is 1.62. The first kappa shape index (κ1) is 20.7. The van der Waals surface area contributed by atoms with Gasteiger partial charge in [-0.25, -0.2) is 17.5 Å². The van der Waals surface area contributed by atoms with Gasteiger partial charge in [0.15, 0.2) is 0 Å². The average Bonchev–Trinajstić information content (AvgIpc) is 2.98. The highest BCUT2D eigenvalue weighted by atomic mass is 35.5. The number of fused-ring (bicyclic) bond motifs is 3. The van der Waals surface area contributed by atoms with E-state index in [1.165, 1.54) is 30.3 Å². The first-order chi connectivity index (χ1) is 13.7. The van der Waals surface area contributed by atoms with Crippen molar-refractivity contribution < 1.29 is 12.8 Å². The van der Waals surface area contributed by atoms with E-state index in [0.717, 1.165) is 30.4 Å². The number of anilines is 1. The highest BCUT2D eigenvalue weighted by molar-refractivity contribution is 7.89. The SMILES string of the molecule is C=C1CCC[C@@H]2Nc3c(F)cc(Cl)cc3[C@]12CCNS(=O)(=O)c1ccc(Cl)cc1. The minimum Gasteiger partial charge on any atom is -0.378 e. The van der Waals surface area contributed by atoms with Crippen LogP contribution < -0.4 is 10.0 Å². The summed E-state index contributed by atoms with van der Waals surface area (Å²) < 4.78 is 42.5. The lowest BCUT2D eigenvalue weighted by molar-refractivity contribution is 0.344. The summed E-state index contributed by atoms with van der Waals surface area (Å²) in [5, 5.41) is 4.09. The van der Waals surface area contributed by atoms with E-state index in [2.05, 4.69) is 16.6 Å². The molecular formula is C21H21Cl2FN2O2S. The van der Waals surface area contributed by atoms with Gasteiger partial charge in [-0.05, 0) is 67.6 Å². The Labute approximate surface area is 180 Å². The maximum absolute atomic E-state index is 14.6. The summed E-state index contributed by atoms with van der Waals surface area (Å²) in [4.78, 5) is 0.150. The smallest absolute Gasteiger partial charge is 0.240 e. The lowest BCUT2D eigenvalue weighted by Gasteiger charge is -2.42. The fraction of sp³-hybridized carbons (Fsp3) is 0.333. The van der Waals surface area contributed by atoms with Crippen LogP contribution in [0.15, 0.2) is 53.4 Å². The van der Waals surface area contributed by atoms with E-state index in [1.54, 1.807) is 6.07 Å². The number of nitrogens with one attached hydrogen (secondary N) is 2. The molecule has 0 saturated heterocycles. The van der Waals surface area contributed by atoms with Crippen molar-refractivity contribution in [2.75, 3.05) is 11.9 Å². The van der Waals surface area contributed by atoms with Gasteiger partial charge in [0.1, 0.15) is 5.82 Å². The van der Waals surface area contributed by atoms with Crippen LogP contribution in [0.2, 0.25) is 10.0 Å². The molecule has 0 radical (unpaired) electrons. The van der Waals surface area contributed by atoms with Crippen LogP contribution in [0.3, 0.4) is 0 Å². The molecule has 0 amide bonds. The molecule has 0 unspecified atom stereocenters. The molecule has 29 heavy (non-hydrogen) atoms. The summed E-state index contributed by atoms with van der Waals surface area (Å²) in [6.07, 6.45) is 3.09. The lowest BCUT2D eigenvalue weighted by Crippen LogP contribution is -2.45. The Morgan fingerprint density at radius 1 is 1.21 bits per heavy atom. The third kappa shape index (κ3) is 3.56. The molecule has 1 aliphatic heterocycles. The molecule has 0 aromatic heterocycles. The first-order valence-corrected chi connectivity index (χ1v) is 11.7. The Morgan fingerprint density at radius 3 is 2.66 bits per heavy atom. The predicted molar refractivity (Wildman–Crippen MR) is 115 cm³/mol. The third-order valence-electron chi connectivity index (χ3n) is 5.99. The van der Waals surface area contributed by atoms with Gasteiger partial charge in [0, 0.05) is 28.0 Å². The molecule has 1 heterocycles. The summed E-state index contributed by atoms with van der Waals surface area (Å²) in [5.41, 5.74) is 1.64. The highest BCUT2D eigenvalue weighted by Gasteiger charge is 2.51. The molecule has 4 nitrogen and oxygen atoms in total. The fourth-order valence-corrected chi connectivity index (χ4v) is 5.98. The zero-order chi connectivity index (χ0) is 20.8. The summed E-state index contributed by atoms with van der Waals surface area (Å²) in [6.45, 7) is 4.46. The van der Waals surface area contributed by atoms with Crippen molar-refractivity contribution in [1.29, 1.82) is 0 Å². The van der Waals surface area contributed by atoms with Crippen LogP contribution in [-0.4, -0.2) is 21.0 Å². The van der Waals surface area contributed by atoms with Gasteiger partial charge in [0.05, 0.1) is 10.6 Å². The molecule has 4 rings (SSSR count). The molecule has 0 bridgehead atoms. The van der Waals surface area contributed by atoms with Gasteiger partial charge >= 0.3 is 0 Å². The van der Waals surface area contributed by atoms with Gasteiger partial charge in [0.25, 0.3) is 0 Å². The van der Waals surface area contributed by atoms with E-state index in [0.29, 0.717) is 22.2 Å². The molecule has 1 fully saturated rings. The van der Waals surface area contributed by atoms with Crippen molar-refractivity contribution >= 4 is 38.9 Å². The van der Waals surface area contributed by atoms with Crippen molar-refractivity contribution in [3.05, 3.63) is 70.0 Å². The molecule has 2 aromatic rings. The Kier molecular flexibility index (Phi) is 5.40. The molecule has 2 atom stereocenters. The number of hydrogen-bond acceptors (Lipinski definition) is 3. The van der Waals surface area contributed by atoms with Gasteiger partial charge < -0.3 is 5.32 Å². The Hall–Kier alpha value is -1.60. The quantitative estimate of drug-likeness (QED) is 0.604. The van der Waals surface area contributed by atoms with E-state index < -0.39 is 21.3 Å². The first-order valence-electron chi connectivity index (χ1n) is 9.43. The molecular weight excluding hydrogens is 434 g/mol. The monoisotopic (exact) mass is 454 g/mol. The zero-order valence-corrected chi connectivity index (χ0v) is 18.0. The molecule has 1 saturated carbocycles. The molecule has 0 spiro atoms. The van der Waals surface area contributed by atoms with E-state index >= 15 is 0 Å². The Bertz CT molecular complexity index is 1070. The molecule has 1 aliphatic carbocycles. The number of sulfonamides is 1. The summed E-state index contributed by atoms with van der Waals surface area (Å²) in [7, 11) is -3.68. The van der Waals surface area contributed by atoms with Crippen molar-refractivity contribution in [2.24, 2.45) is 0 Å². The minimum atomic E-state index is -3.68. The van der Waals surface area contributed by atoms with Gasteiger partial charge in [-0.1, -0.05) is 35.4 Å². The predicted octanol–water partition coefficient (Wildman–Crippen LogP) is 5.27. The third-order valence-corrected chi connectivity index (χ3v) is 7.93. The normalized spacial score (nSPS) is 23.4. The second-order valence-corrected chi connectivity index (χ2v) is 10.2. The number of rotatable bonds is 5. The summed E-state index contributed by atoms with van der Waals surface area (Å²) in [6, 6.07) is 9.04. The number of benzene rings is 2. The second-order valence-electron chi connectivity index (χ2n) is 7.58. The van der Waals surface area contributed by atoms with Crippen LogP contribution in [0.1, 0.15) is 31.2 Å². The van der Waals surface area contributed by atoms with Gasteiger partial charge in [-0.2, -0.15) is 0 Å². The number of hydrogen-bond donors (Lipinski definition) is 2. The maximum Gasteiger partial charge on any atom is 0.240 e. The molecule has 2 aliphatic rings. The van der Waals surface area contributed by atoms with Gasteiger partial charge in [-0.15, -0.1) is 0 Å². The highest BCUT2D eigenvalue weighted by Crippen LogP contribution is 2.54. The Morgan fingerprint density at radius 2 is 1.93 bits per heavy atom. The van der Waals surface area contributed by atoms with Crippen molar-refractivity contribution in [3.63, 3.8) is 0 Å². The zero-order valence-electron chi connectivity index (χ0n) is 15.6. The van der Waals surface area contributed by atoms with Gasteiger partial charge in [0.2, 0.25) is 10.0 Å².